The number of aromatic nitrogens is 3. The number of piperidine rings is 1. The lowest BCUT2D eigenvalue weighted by molar-refractivity contribution is -0.155. The molecule has 0 saturated carbocycles. The summed E-state index contributed by atoms with van der Waals surface area (Å²) in [6, 6.07) is 7.44. The number of rotatable bonds is 11. The van der Waals surface area contributed by atoms with E-state index in [4.69, 9.17) is 19.4 Å². The number of likely N-dealkylation sites (N-methyl/N-ethyl adjacent to an activating group) is 2. The summed E-state index contributed by atoms with van der Waals surface area (Å²) in [5.41, 5.74) is 9.31. The van der Waals surface area contributed by atoms with Crippen molar-refractivity contribution in [1.82, 2.24) is 49.9 Å². The van der Waals surface area contributed by atoms with Gasteiger partial charge in [0.2, 0.25) is 11.8 Å². The van der Waals surface area contributed by atoms with Gasteiger partial charge in [-0.2, -0.15) is 0 Å². The summed E-state index contributed by atoms with van der Waals surface area (Å²) >= 11 is 1.42. The lowest BCUT2D eigenvalue weighted by Crippen LogP contribution is -2.64. The number of pyridine rings is 1. The second-order valence-corrected chi connectivity index (χ2v) is 22.6. The highest BCUT2D eigenvalue weighted by Gasteiger charge is 2.48. The predicted molar refractivity (Wildman–Crippen MR) is 279 cm³/mol. The number of carbonyl (C=O) groups is 5. The van der Waals surface area contributed by atoms with E-state index in [1.165, 1.54) is 21.2 Å². The van der Waals surface area contributed by atoms with Gasteiger partial charge in [0.1, 0.15) is 18.1 Å². The molecule has 6 bridgehead atoms. The van der Waals surface area contributed by atoms with E-state index >= 15 is 0 Å². The van der Waals surface area contributed by atoms with Crippen LogP contribution < -0.4 is 10.7 Å². The van der Waals surface area contributed by atoms with Crippen LogP contribution >= 0.6 is 11.3 Å². The summed E-state index contributed by atoms with van der Waals surface area (Å²) < 4.78 is 14.3. The molecule has 1 aromatic carbocycles. The first-order chi connectivity index (χ1) is 34.3. The molecule has 4 aliphatic heterocycles. The molecular formula is C54H74N10O7S. The highest BCUT2D eigenvalue weighted by atomic mass is 32.1. The zero-order valence-electron chi connectivity index (χ0n) is 43.8. The predicted octanol–water partition coefficient (Wildman–Crippen LogP) is 6.32. The van der Waals surface area contributed by atoms with Gasteiger partial charge in [-0.15, -0.1) is 11.3 Å². The van der Waals surface area contributed by atoms with Crippen LogP contribution in [0.3, 0.4) is 0 Å². The highest BCUT2D eigenvalue weighted by Crippen LogP contribution is 2.43. The first-order valence-corrected chi connectivity index (χ1v) is 26.4. The number of benzene rings is 1. The molecule has 8 rings (SSSR count). The zero-order chi connectivity index (χ0) is 51.6. The third-order valence-corrected chi connectivity index (χ3v) is 15.8. The molecule has 18 heteroatoms. The Bertz CT molecular complexity index is 2680. The molecular weight excluding hydrogens is 933 g/mol. The summed E-state index contributed by atoms with van der Waals surface area (Å²) in [5, 5.41) is 8.20. The number of hydrogen-bond acceptors (Lipinski definition) is 12. The number of ether oxygens (including phenoxy) is 2. The van der Waals surface area contributed by atoms with Gasteiger partial charge < -0.3 is 39.0 Å². The summed E-state index contributed by atoms with van der Waals surface area (Å²) in [6.07, 6.45) is 8.27. The number of nitrogens with zero attached hydrogens (tertiary/aromatic N) is 8. The molecule has 3 aromatic heterocycles. The van der Waals surface area contributed by atoms with Crippen molar-refractivity contribution in [2.75, 3.05) is 74.1 Å². The van der Waals surface area contributed by atoms with E-state index in [2.05, 4.69) is 60.3 Å². The van der Waals surface area contributed by atoms with Crippen molar-refractivity contribution in [2.45, 2.75) is 111 Å². The van der Waals surface area contributed by atoms with Gasteiger partial charge in [-0.05, 0) is 95.8 Å². The number of methoxy groups -OCH3 is 1. The number of hydrogen-bond donors (Lipinski definition) is 2. The molecule has 0 radical (unpaired) electrons. The number of carbonyl (C=O) groups excluding carboxylic acids is 5. The van der Waals surface area contributed by atoms with Crippen LogP contribution in [0.15, 0.2) is 54.1 Å². The van der Waals surface area contributed by atoms with Crippen LogP contribution in [0.25, 0.3) is 33.4 Å². The van der Waals surface area contributed by atoms with Crippen molar-refractivity contribution in [1.29, 1.82) is 0 Å². The molecule has 2 N–H and O–H groups in total. The molecule has 4 atom stereocenters. The summed E-state index contributed by atoms with van der Waals surface area (Å²) in [7, 11) is 7.26. The number of fused-ring (bicyclic) bond motifs is 6. The minimum absolute atomic E-state index is 0.0126. The van der Waals surface area contributed by atoms with Gasteiger partial charge in [-0.3, -0.25) is 29.2 Å². The van der Waals surface area contributed by atoms with Gasteiger partial charge >= 0.3 is 12.0 Å². The number of aryl methyl sites for hydroxylation is 1. The fourth-order valence-electron chi connectivity index (χ4n) is 11.0. The number of hydrazine groups is 1. The van der Waals surface area contributed by atoms with Crippen LogP contribution in [0.2, 0.25) is 0 Å². The van der Waals surface area contributed by atoms with E-state index in [1.807, 2.05) is 62.2 Å². The van der Waals surface area contributed by atoms with Gasteiger partial charge in [-0.1, -0.05) is 39.8 Å². The Morgan fingerprint density at radius 3 is 2.50 bits per heavy atom. The molecule has 388 valence electrons. The zero-order valence-corrected chi connectivity index (χ0v) is 44.6. The summed E-state index contributed by atoms with van der Waals surface area (Å²) in [4.78, 5) is 87.4. The average molecular weight is 1010 g/mol. The maximum atomic E-state index is 14.7. The van der Waals surface area contributed by atoms with E-state index < -0.39 is 41.3 Å². The molecule has 72 heavy (non-hydrogen) atoms. The monoisotopic (exact) mass is 1010 g/mol. The SMILES string of the molecule is CCn1c(-c2cccnc2[C@H](C)OC)c2c3cc(ccc31)-c1csc(n1)C[C@H](NC(=O)[C@H](C(C)C)N(C)C(=O)N1CCC3(CC1)CN(C(=O)/C=C/CN(C)C)C3)C(=O)N1CCC[C@H](N1)C(=O)OCC(C)(C)C2. The first kappa shape index (κ1) is 52.6. The smallest absolute Gasteiger partial charge is 0.324 e. The third kappa shape index (κ3) is 11.1. The molecule has 4 aromatic rings. The van der Waals surface area contributed by atoms with Crippen LogP contribution in [-0.2, 0) is 48.0 Å². The second-order valence-electron chi connectivity index (χ2n) is 21.7. The van der Waals surface area contributed by atoms with E-state index in [1.54, 1.807) is 31.3 Å². The van der Waals surface area contributed by atoms with Gasteiger partial charge in [0.25, 0.3) is 5.91 Å². The highest BCUT2D eigenvalue weighted by molar-refractivity contribution is 7.10. The Morgan fingerprint density at radius 2 is 1.81 bits per heavy atom. The Hall–Kier alpha value is -5.69. The van der Waals surface area contributed by atoms with Crippen molar-refractivity contribution in [3.05, 3.63) is 70.3 Å². The first-order valence-electron chi connectivity index (χ1n) is 25.6. The minimum Gasteiger partial charge on any atom is -0.464 e. The van der Waals surface area contributed by atoms with Crippen LogP contribution in [0, 0.1) is 16.7 Å². The van der Waals surface area contributed by atoms with Crippen molar-refractivity contribution >= 4 is 52.0 Å². The fraction of sp³-hybridized carbons (Fsp3) is 0.574. The standard InChI is InChI=1S/C54H74N10O7S/c1-11-63-43-19-18-36-27-38(43)39(48(63)37-15-12-22-55-46(37)35(4)70-10)29-53(5,6)33-71-51(68)40-16-13-24-64(58-40)50(67)41(28-44-56-42(36)30-72-44)57-49(66)47(34(2)3)60(9)52(69)61-25-20-54(21-26-61)31-62(32-54)45(65)17-14-23-59(7)8/h12,14-15,17-19,22,27,30,34-35,40-41,47,58H,11,13,16,20-21,23-26,28-29,31-33H2,1-10H3,(H,57,66)/b17-14+/t35-,40-,41-,47-/m0/s1. The number of esters is 1. The quantitative estimate of drug-likeness (QED) is 0.127. The maximum absolute atomic E-state index is 14.7. The lowest BCUT2D eigenvalue weighted by atomic mass is 9.72. The molecule has 0 aliphatic carbocycles. The Balaban J connectivity index is 1.06. The van der Waals surface area contributed by atoms with E-state index in [9.17, 15) is 24.0 Å². The van der Waals surface area contributed by atoms with Crippen molar-refractivity contribution < 1.29 is 33.4 Å². The molecule has 3 fully saturated rings. The number of nitrogens with one attached hydrogen (secondary N) is 2. The third-order valence-electron chi connectivity index (χ3n) is 15.0. The fourth-order valence-corrected chi connectivity index (χ4v) is 11.8. The van der Waals surface area contributed by atoms with Crippen LogP contribution in [0.4, 0.5) is 4.79 Å². The number of cyclic esters (lactones) is 1. The molecule has 17 nitrogen and oxygen atoms in total. The number of urea groups is 1. The van der Waals surface area contributed by atoms with Crippen LogP contribution in [0.1, 0.15) is 89.6 Å². The van der Waals surface area contributed by atoms with Crippen molar-refractivity contribution in [2.24, 2.45) is 16.7 Å². The molecule has 3 saturated heterocycles. The average Bonchev–Trinajstić information content (AvgIpc) is 3.95. The van der Waals surface area contributed by atoms with E-state index in [0.717, 1.165) is 57.5 Å². The maximum Gasteiger partial charge on any atom is 0.324 e. The Labute approximate surface area is 428 Å². The van der Waals surface area contributed by atoms with Crippen molar-refractivity contribution in [3.8, 4) is 22.5 Å². The minimum atomic E-state index is -1.07. The molecule has 1 spiro atoms. The van der Waals surface area contributed by atoms with Gasteiger partial charge in [0, 0.05) is 117 Å². The van der Waals surface area contributed by atoms with E-state index in [-0.39, 0.29) is 42.4 Å². The largest absolute Gasteiger partial charge is 0.464 e. The Kier molecular flexibility index (Phi) is 15.9. The number of likely N-dealkylation sites (tertiary alicyclic amines) is 2. The topological polar surface area (TPSA) is 175 Å². The van der Waals surface area contributed by atoms with E-state index in [0.29, 0.717) is 70.1 Å². The summed E-state index contributed by atoms with van der Waals surface area (Å²) in [5.74, 6) is -1.60. The van der Waals surface area contributed by atoms with Gasteiger partial charge in [0.15, 0.2) is 0 Å². The van der Waals surface area contributed by atoms with Gasteiger partial charge in [-0.25, -0.2) is 15.2 Å². The number of amides is 5. The lowest BCUT2D eigenvalue weighted by Gasteiger charge is -2.54. The Morgan fingerprint density at radius 1 is 1.06 bits per heavy atom. The van der Waals surface area contributed by atoms with Crippen LogP contribution in [-0.4, -0.2) is 161 Å². The van der Waals surface area contributed by atoms with Crippen LogP contribution in [0.5, 0.6) is 0 Å². The molecule has 7 heterocycles. The normalized spacial score (nSPS) is 21.2. The number of thiazole rings is 1. The van der Waals surface area contributed by atoms with Crippen molar-refractivity contribution in [3.63, 3.8) is 0 Å². The summed E-state index contributed by atoms with van der Waals surface area (Å²) in [6.45, 7) is 16.3. The molecule has 5 amide bonds. The van der Waals surface area contributed by atoms with Gasteiger partial charge in [0.05, 0.1) is 34.8 Å². The second kappa shape index (κ2) is 21.8. The molecule has 4 aliphatic rings. The molecule has 0 unspecified atom stereocenters.